The fourth-order valence-corrected chi connectivity index (χ4v) is 4.56. The van der Waals surface area contributed by atoms with Gasteiger partial charge in [0.25, 0.3) is 11.5 Å². The monoisotopic (exact) mass is 593 g/mol. The molecule has 1 unspecified atom stereocenters. The van der Waals surface area contributed by atoms with Gasteiger partial charge in [-0.05, 0) is 42.8 Å². The molecule has 1 aromatic heterocycles. The quantitative estimate of drug-likeness (QED) is 0.424. The number of hydrogen-bond acceptors (Lipinski definition) is 7. The molecule has 3 aromatic rings. The van der Waals surface area contributed by atoms with Crippen LogP contribution in [0.2, 0.25) is 0 Å². The average Bonchev–Trinajstić information content (AvgIpc) is 2.85. The molecule has 1 N–H and O–H groups in total. The summed E-state index contributed by atoms with van der Waals surface area (Å²) in [7, 11) is -3.44. The largest absolute Gasteiger partial charge is 0.546 e. The molecule has 0 aliphatic rings. The first kappa shape index (κ1) is 31.4. The van der Waals surface area contributed by atoms with E-state index in [2.05, 4.69) is 5.32 Å². The van der Waals surface area contributed by atoms with Crippen LogP contribution in [0.15, 0.2) is 64.3 Å². The lowest BCUT2D eigenvalue weighted by molar-refractivity contribution is -0.317. The molecular formula is C28H28F3N2O7S-. The van der Waals surface area contributed by atoms with Crippen LogP contribution in [0, 0.1) is 12.3 Å². The lowest BCUT2D eigenvalue weighted by Crippen LogP contribution is -2.48. The van der Waals surface area contributed by atoms with Crippen LogP contribution in [0.3, 0.4) is 0 Å². The minimum Gasteiger partial charge on any atom is -0.546 e. The van der Waals surface area contributed by atoms with E-state index in [1.165, 1.54) is 37.3 Å². The Morgan fingerprint density at radius 3 is 2.17 bits per heavy atom. The number of carbonyl (C=O) groups is 2. The molecule has 0 saturated carbocycles. The molecule has 0 radical (unpaired) electrons. The molecule has 2 aromatic carbocycles. The number of rotatable bonds is 8. The Labute approximate surface area is 234 Å². The summed E-state index contributed by atoms with van der Waals surface area (Å²) in [5.74, 6) is -2.72. The summed E-state index contributed by atoms with van der Waals surface area (Å²) in [4.78, 5) is 38.6. The lowest BCUT2D eigenvalue weighted by Gasteiger charge is -2.32. The van der Waals surface area contributed by atoms with E-state index >= 15 is 0 Å². The molecule has 1 heterocycles. The van der Waals surface area contributed by atoms with Gasteiger partial charge in [-0.3, -0.25) is 14.2 Å². The molecule has 0 aliphatic carbocycles. The zero-order chi connectivity index (χ0) is 30.9. The smallest absolute Gasteiger partial charge is 0.416 e. The van der Waals surface area contributed by atoms with Gasteiger partial charge in [-0.15, -0.1) is 0 Å². The molecule has 220 valence electrons. The third-order valence-electron chi connectivity index (χ3n) is 6.13. The maximum atomic E-state index is 13.5. The normalized spacial score (nSPS) is 13.0. The molecule has 0 saturated heterocycles. The van der Waals surface area contributed by atoms with Gasteiger partial charge in [0.15, 0.2) is 9.84 Å². The van der Waals surface area contributed by atoms with Gasteiger partial charge in [0, 0.05) is 30.0 Å². The number of sulfone groups is 1. The number of carbonyl (C=O) groups excluding carboxylic acids is 2. The van der Waals surface area contributed by atoms with Crippen molar-refractivity contribution in [1.82, 2.24) is 9.88 Å². The Morgan fingerprint density at radius 1 is 1.05 bits per heavy atom. The van der Waals surface area contributed by atoms with Gasteiger partial charge in [0.05, 0.1) is 22.1 Å². The van der Waals surface area contributed by atoms with Crippen molar-refractivity contribution in [2.75, 3.05) is 6.26 Å². The summed E-state index contributed by atoms with van der Waals surface area (Å²) in [5.41, 5.74) is -3.31. The third kappa shape index (κ3) is 7.34. The highest BCUT2D eigenvalue weighted by Crippen LogP contribution is 2.32. The molecule has 0 aliphatic heterocycles. The van der Waals surface area contributed by atoms with E-state index in [1.54, 1.807) is 20.8 Å². The number of nitrogens with one attached hydrogen (secondary N) is 1. The predicted molar refractivity (Wildman–Crippen MR) is 141 cm³/mol. The van der Waals surface area contributed by atoms with E-state index < -0.39 is 56.1 Å². The van der Waals surface area contributed by atoms with Crippen LogP contribution < -0.4 is 20.7 Å². The standard InChI is InChI=1S/C28H29F3N2O7S/c1-16-22(40-23(26(36)37)27(2,3)4)14-21(24(34)32-15-17-9-11-20(12-10-17)41(5,38)39)25(35)33(16)19-8-6-7-18(13-19)28(29,30)31/h6-14,23H,15H2,1-5H3,(H,32,34)(H,36,37)/p-1. The third-order valence-corrected chi connectivity index (χ3v) is 7.26. The van der Waals surface area contributed by atoms with Crippen LogP contribution >= 0.6 is 0 Å². The second-order valence-corrected chi connectivity index (χ2v) is 12.5. The summed E-state index contributed by atoms with van der Waals surface area (Å²) in [6, 6.07) is 10.5. The number of pyridine rings is 1. The van der Waals surface area contributed by atoms with E-state index in [0.717, 1.165) is 35.1 Å². The molecule has 1 atom stereocenters. The van der Waals surface area contributed by atoms with Crippen molar-refractivity contribution in [1.29, 1.82) is 0 Å². The fourth-order valence-electron chi connectivity index (χ4n) is 3.93. The van der Waals surface area contributed by atoms with Crippen LogP contribution in [0.25, 0.3) is 5.69 Å². The molecule has 9 nitrogen and oxygen atoms in total. The first-order valence-electron chi connectivity index (χ1n) is 12.2. The van der Waals surface area contributed by atoms with Gasteiger partial charge in [-0.2, -0.15) is 13.2 Å². The van der Waals surface area contributed by atoms with Crippen molar-refractivity contribution in [3.05, 3.63) is 87.3 Å². The van der Waals surface area contributed by atoms with Crippen molar-refractivity contribution in [2.45, 2.75) is 51.4 Å². The number of benzene rings is 2. The number of aliphatic carboxylic acids is 1. The summed E-state index contributed by atoms with van der Waals surface area (Å²) in [6.07, 6.45) is -5.22. The topological polar surface area (TPSA) is 135 Å². The molecule has 0 spiro atoms. The van der Waals surface area contributed by atoms with E-state index in [-0.39, 0.29) is 28.6 Å². The van der Waals surface area contributed by atoms with E-state index in [0.29, 0.717) is 5.56 Å². The molecule has 0 fully saturated rings. The zero-order valence-corrected chi connectivity index (χ0v) is 23.6. The summed E-state index contributed by atoms with van der Waals surface area (Å²) >= 11 is 0. The van der Waals surface area contributed by atoms with Crippen LogP contribution in [0.1, 0.15) is 48.0 Å². The Bertz CT molecular complexity index is 1640. The number of halogens is 3. The van der Waals surface area contributed by atoms with Gasteiger partial charge in [0.2, 0.25) is 0 Å². The minimum atomic E-state index is -4.72. The number of ether oxygens (including phenoxy) is 1. The molecule has 41 heavy (non-hydrogen) atoms. The van der Waals surface area contributed by atoms with Crippen molar-refractivity contribution in [3.8, 4) is 11.4 Å². The van der Waals surface area contributed by atoms with Crippen molar-refractivity contribution < 1.29 is 41.0 Å². The Balaban J connectivity index is 2.11. The number of nitrogens with zero attached hydrogens (tertiary/aromatic N) is 1. The predicted octanol–water partition coefficient (Wildman–Crippen LogP) is 3.04. The Hall–Kier alpha value is -4.13. The second kappa shape index (κ2) is 11.4. The highest BCUT2D eigenvalue weighted by molar-refractivity contribution is 7.90. The number of aromatic nitrogens is 1. The van der Waals surface area contributed by atoms with Crippen LogP contribution in [0.5, 0.6) is 5.75 Å². The number of carboxylic acid groups (broad SMARTS) is 1. The molecular weight excluding hydrogens is 565 g/mol. The first-order valence-corrected chi connectivity index (χ1v) is 14.1. The average molecular weight is 594 g/mol. The van der Waals surface area contributed by atoms with E-state index in [9.17, 15) is 41.1 Å². The minimum absolute atomic E-state index is 0.0438. The zero-order valence-electron chi connectivity index (χ0n) is 22.8. The number of carboxylic acids is 1. The summed E-state index contributed by atoms with van der Waals surface area (Å²) in [6.45, 7) is 5.91. The second-order valence-electron chi connectivity index (χ2n) is 10.5. The first-order chi connectivity index (χ1) is 18.8. The molecule has 0 bridgehead atoms. The van der Waals surface area contributed by atoms with E-state index in [1.807, 2.05) is 0 Å². The van der Waals surface area contributed by atoms with Crippen molar-refractivity contribution in [2.24, 2.45) is 5.41 Å². The highest BCUT2D eigenvalue weighted by atomic mass is 32.2. The Kier molecular flexibility index (Phi) is 8.73. The summed E-state index contributed by atoms with van der Waals surface area (Å²) < 4.78 is 70.2. The number of alkyl halides is 3. The molecule has 13 heteroatoms. The van der Waals surface area contributed by atoms with Crippen LogP contribution in [0.4, 0.5) is 13.2 Å². The van der Waals surface area contributed by atoms with Gasteiger partial charge in [0.1, 0.15) is 17.4 Å². The summed E-state index contributed by atoms with van der Waals surface area (Å²) in [5, 5.41) is 14.4. The highest BCUT2D eigenvalue weighted by Gasteiger charge is 2.32. The fraction of sp³-hybridized carbons (Fsp3) is 0.321. The van der Waals surface area contributed by atoms with Gasteiger partial charge in [-0.25, -0.2) is 8.42 Å². The Morgan fingerprint density at radius 2 is 1.66 bits per heavy atom. The van der Waals surface area contributed by atoms with E-state index in [4.69, 9.17) is 4.74 Å². The van der Waals surface area contributed by atoms with Crippen molar-refractivity contribution in [3.63, 3.8) is 0 Å². The van der Waals surface area contributed by atoms with Gasteiger partial charge in [-0.1, -0.05) is 39.0 Å². The lowest BCUT2D eigenvalue weighted by atomic mass is 9.89. The molecule has 1 amide bonds. The van der Waals surface area contributed by atoms with Gasteiger partial charge >= 0.3 is 6.18 Å². The molecule has 3 rings (SSSR count). The SMILES string of the molecule is Cc1c(OC(C(=O)[O-])C(C)(C)C)cc(C(=O)NCc2ccc(S(C)(=O)=O)cc2)c(=O)n1-c1cccc(C(F)(F)F)c1. The van der Waals surface area contributed by atoms with Crippen LogP contribution in [-0.4, -0.2) is 37.2 Å². The number of amides is 1. The van der Waals surface area contributed by atoms with Crippen molar-refractivity contribution >= 4 is 21.7 Å². The maximum absolute atomic E-state index is 13.5. The number of hydrogen-bond donors (Lipinski definition) is 1. The van der Waals surface area contributed by atoms with Crippen LogP contribution in [-0.2, 0) is 27.4 Å². The van der Waals surface area contributed by atoms with Gasteiger partial charge < -0.3 is 20.0 Å². The maximum Gasteiger partial charge on any atom is 0.416 e.